The number of benzene rings is 2. The molecular weight excluding hydrogens is 363 g/mol. The summed E-state index contributed by atoms with van der Waals surface area (Å²) in [4.78, 5) is 25.9. The van der Waals surface area contributed by atoms with E-state index in [2.05, 4.69) is 5.32 Å². The summed E-state index contributed by atoms with van der Waals surface area (Å²) < 4.78 is 5.25. The van der Waals surface area contributed by atoms with Crippen molar-refractivity contribution in [3.8, 4) is 5.75 Å². The number of hydrogen-bond donors (Lipinski definition) is 1. The highest BCUT2D eigenvalue weighted by Gasteiger charge is 2.14. The van der Waals surface area contributed by atoms with Gasteiger partial charge in [0, 0.05) is 19.7 Å². The van der Waals surface area contributed by atoms with Crippen LogP contribution in [0.4, 0.5) is 5.69 Å². The summed E-state index contributed by atoms with van der Waals surface area (Å²) in [5, 5.41) is 3.59. The highest BCUT2D eigenvalue weighted by atomic mass is 35.5. The lowest BCUT2D eigenvalue weighted by molar-refractivity contribution is -0.115. The molecule has 0 fully saturated rings. The highest BCUT2D eigenvalue weighted by Crippen LogP contribution is 2.27. The molecule has 2 rings (SSSR count). The number of anilines is 1. The number of rotatable bonds is 5. The molecule has 0 unspecified atom stereocenters. The van der Waals surface area contributed by atoms with Gasteiger partial charge in [0.2, 0.25) is 5.91 Å². The van der Waals surface area contributed by atoms with Crippen molar-refractivity contribution in [1.29, 1.82) is 0 Å². The van der Waals surface area contributed by atoms with E-state index in [9.17, 15) is 9.59 Å². The Morgan fingerprint density at radius 2 is 1.80 bits per heavy atom. The Hall–Kier alpha value is -2.24. The first kappa shape index (κ1) is 19.1. The molecule has 0 aliphatic rings. The number of nitrogens with zero attached hydrogens (tertiary/aromatic N) is 1. The summed E-state index contributed by atoms with van der Waals surface area (Å²) in [6.45, 7) is 0. The summed E-state index contributed by atoms with van der Waals surface area (Å²) in [7, 11) is 4.82. The number of nitrogens with one attached hydrogen (secondary N) is 1. The zero-order valence-corrected chi connectivity index (χ0v) is 15.6. The quantitative estimate of drug-likeness (QED) is 0.855. The average molecular weight is 381 g/mol. The summed E-state index contributed by atoms with van der Waals surface area (Å²) in [5.74, 6) is 0.0478. The van der Waals surface area contributed by atoms with E-state index < -0.39 is 0 Å². The predicted molar refractivity (Wildman–Crippen MR) is 99.8 cm³/mol. The Morgan fingerprint density at radius 3 is 2.40 bits per heavy atom. The number of carbonyl (C=O) groups excluding carboxylic acids is 2. The number of methoxy groups -OCH3 is 1. The van der Waals surface area contributed by atoms with Crippen LogP contribution in [0.25, 0.3) is 0 Å². The van der Waals surface area contributed by atoms with Gasteiger partial charge >= 0.3 is 0 Å². The van der Waals surface area contributed by atoms with E-state index in [4.69, 9.17) is 27.9 Å². The second kappa shape index (κ2) is 8.23. The smallest absolute Gasteiger partial charge is 0.253 e. The molecule has 0 bridgehead atoms. The minimum Gasteiger partial charge on any atom is -0.495 e. The second-order valence-electron chi connectivity index (χ2n) is 5.59. The van der Waals surface area contributed by atoms with Crippen molar-refractivity contribution in [3.05, 3.63) is 57.6 Å². The minimum absolute atomic E-state index is 0.117. The van der Waals surface area contributed by atoms with Crippen molar-refractivity contribution in [3.63, 3.8) is 0 Å². The molecule has 0 aliphatic carbocycles. The van der Waals surface area contributed by atoms with Gasteiger partial charge in [0.05, 0.1) is 29.3 Å². The van der Waals surface area contributed by atoms with Gasteiger partial charge in [-0.2, -0.15) is 0 Å². The monoisotopic (exact) mass is 380 g/mol. The van der Waals surface area contributed by atoms with E-state index in [0.717, 1.165) is 5.56 Å². The number of hydrogen-bond acceptors (Lipinski definition) is 3. The van der Waals surface area contributed by atoms with Gasteiger partial charge in [0.1, 0.15) is 5.75 Å². The minimum atomic E-state index is -0.258. The second-order valence-corrected chi connectivity index (χ2v) is 6.40. The van der Waals surface area contributed by atoms with Crippen LogP contribution in [-0.4, -0.2) is 37.9 Å². The first-order valence-corrected chi connectivity index (χ1v) is 8.21. The van der Waals surface area contributed by atoms with E-state index in [0.29, 0.717) is 27.0 Å². The van der Waals surface area contributed by atoms with Gasteiger partial charge in [-0.3, -0.25) is 9.59 Å². The predicted octanol–water partition coefficient (Wildman–Crippen LogP) is 3.89. The average Bonchev–Trinajstić information content (AvgIpc) is 2.57. The SMILES string of the molecule is COc1ccc(C(=O)N(C)C)cc1NC(=O)Cc1ccc(Cl)c(Cl)c1. The van der Waals surface area contributed by atoms with E-state index in [1.165, 1.54) is 12.0 Å². The number of halogens is 2. The van der Waals surface area contributed by atoms with E-state index >= 15 is 0 Å². The summed E-state index contributed by atoms with van der Waals surface area (Å²) >= 11 is 11.8. The molecule has 0 aliphatic heterocycles. The van der Waals surface area contributed by atoms with Gasteiger partial charge in [-0.25, -0.2) is 0 Å². The maximum atomic E-state index is 12.3. The van der Waals surface area contributed by atoms with Crippen LogP contribution in [0.5, 0.6) is 5.75 Å². The van der Waals surface area contributed by atoms with Crippen molar-refractivity contribution in [2.75, 3.05) is 26.5 Å². The Balaban J connectivity index is 2.19. The van der Waals surface area contributed by atoms with E-state index in [1.54, 1.807) is 50.5 Å². The maximum absolute atomic E-state index is 12.3. The molecule has 0 heterocycles. The number of carbonyl (C=O) groups is 2. The molecular formula is C18H18Cl2N2O3. The van der Waals surface area contributed by atoms with E-state index in [1.807, 2.05) is 0 Å². The lowest BCUT2D eigenvalue weighted by Gasteiger charge is -2.14. The third-order valence-electron chi connectivity index (χ3n) is 3.48. The Kier molecular flexibility index (Phi) is 6.28. The standard InChI is InChI=1S/C18H18Cl2N2O3/c1-22(2)18(24)12-5-7-16(25-3)15(10-12)21-17(23)9-11-4-6-13(19)14(20)8-11/h4-8,10H,9H2,1-3H3,(H,21,23). The van der Waals surface area contributed by atoms with Gasteiger partial charge in [0.15, 0.2) is 0 Å². The molecule has 2 amide bonds. The van der Waals surface area contributed by atoms with Crippen LogP contribution in [0.15, 0.2) is 36.4 Å². The molecule has 0 atom stereocenters. The molecule has 0 spiro atoms. The first-order chi connectivity index (χ1) is 11.8. The molecule has 7 heteroatoms. The number of ether oxygens (including phenoxy) is 1. The third-order valence-corrected chi connectivity index (χ3v) is 4.21. The molecule has 2 aromatic carbocycles. The van der Waals surface area contributed by atoms with E-state index in [-0.39, 0.29) is 18.2 Å². The van der Waals surface area contributed by atoms with Crippen LogP contribution in [0.1, 0.15) is 15.9 Å². The highest BCUT2D eigenvalue weighted by molar-refractivity contribution is 6.42. The molecule has 132 valence electrons. The third kappa shape index (κ3) is 4.87. The molecule has 0 radical (unpaired) electrons. The fourth-order valence-electron chi connectivity index (χ4n) is 2.23. The zero-order chi connectivity index (χ0) is 18.6. The van der Waals surface area contributed by atoms with Crippen molar-refractivity contribution in [2.24, 2.45) is 0 Å². The van der Waals surface area contributed by atoms with Crippen LogP contribution in [0, 0.1) is 0 Å². The number of amides is 2. The lowest BCUT2D eigenvalue weighted by Crippen LogP contribution is -2.22. The van der Waals surface area contributed by atoms with Gasteiger partial charge in [0.25, 0.3) is 5.91 Å². The first-order valence-electron chi connectivity index (χ1n) is 7.45. The van der Waals surface area contributed by atoms with Crippen LogP contribution in [0.2, 0.25) is 10.0 Å². The normalized spacial score (nSPS) is 10.3. The van der Waals surface area contributed by atoms with Crippen molar-refractivity contribution >= 4 is 40.7 Å². The largest absolute Gasteiger partial charge is 0.495 e. The van der Waals surface area contributed by atoms with Gasteiger partial charge < -0.3 is 15.0 Å². The molecule has 0 aromatic heterocycles. The molecule has 1 N–H and O–H groups in total. The Labute approximate surface area is 156 Å². The Morgan fingerprint density at radius 1 is 1.08 bits per heavy atom. The fraction of sp³-hybridized carbons (Fsp3) is 0.222. The maximum Gasteiger partial charge on any atom is 0.253 e. The van der Waals surface area contributed by atoms with Crippen molar-refractivity contribution in [2.45, 2.75) is 6.42 Å². The Bertz CT molecular complexity index is 807. The molecule has 0 saturated heterocycles. The van der Waals surface area contributed by atoms with Crippen LogP contribution in [-0.2, 0) is 11.2 Å². The summed E-state index contributed by atoms with van der Waals surface area (Å²) in [6, 6.07) is 9.91. The topological polar surface area (TPSA) is 58.6 Å². The molecule has 25 heavy (non-hydrogen) atoms. The van der Waals surface area contributed by atoms with Crippen LogP contribution >= 0.6 is 23.2 Å². The molecule has 0 saturated carbocycles. The molecule has 2 aromatic rings. The lowest BCUT2D eigenvalue weighted by atomic mass is 10.1. The van der Waals surface area contributed by atoms with Gasteiger partial charge in [-0.15, -0.1) is 0 Å². The van der Waals surface area contributed by atoms with Gasteiger partial charge in [-0.1, -0.05) is 29.3 Å². The van der Waals surface area contributed by atoms with Crippen molar-refractivity contribution in [1.82, 2.24) is 4.90 Å². The molecule has 5 nitrogen and oxygen atoms in total. The van der Waals surface area contributed by atoms with Crippen LogP contribution in [0.3, 0.4) is 0 Å². The summed E-state index contributed by atoms with van der Waals surface area (Å²) in [5.41, 5.74) is 1.61. The van der Waals surface area contributed by atoms with Crippen LogP contribution < -0.4 is 10.1 Å². The zero-order valence-electron chi connectivity index (χ0n) is 14.1. The van der Waals surface area contributed by atoms with Crippen molar-refractivity contribution < 1.29 is 14.3 Å². The fourth-order valence-corrected chi connectivity index (χ4v) is 2.55. The summed E-state index contributed by atoms with van der Waals surface area (Å²) in [6.07, 6.45) is 0.117. The van der Waals surface area contributed by atoms with Gasteiger partial charge in [-0.05, 0) is 35.9 Å².